The van der Waals surface area contributed by atoms with Crippen molar-refractivity contribution in [3.05, 3.63) is 0 Å². The van der Waals surface area contributed by atoms with E-state index in [1.165, 1.54) is 0 Å². The average Bonchev–Trinajstić information content (AvgIpc) is 2.28. The van der Waals surface area contributed by atoms with Crippen LogP contribution in [-0.2, 0) is 4.79 Å². The standard InChI is InChI=1S/C11H22N2O/c1-8-6-13(7-9(8)2)10(14)5-11(3,4)12/h8-9H,5-7,12H2,1-4H3. The van der Waals surface area contributed by atoms with E-state index >= 15 is 0 Å². The molecule has 14 heavy (non-hydrogen) atoms. The van der Waals surface area contributed by atoms with Gasteiger partial charge in [0.25, 0.3) is 0 Å². The molecule has 0 saturated carbocycles. The van der Waals surface area contributed by atoms with E-state index in [9.17, 15) is 4.79 Å². The molecule has 1 aliphatic heterocycles. The molecular weight excluding hydrogens is 176 g/mol. The summed E-state index contributed by atoms with van der Waals surface area (Å²) in [6, 6.07) is 0. The van der Waals surface area contributed by atoms with Gasteiger partial charge in [-0.3, -0.25) is 4.79 Å². The molecule has 1 heterocycles. The Bertz CT molecular complexity index is 210. The zero-order valence-corrected chi connectivity index (χ0v) is 9.71. The monoisotopic (exact) mass is 198 g/mol. The second-order valence-electron chi connectivity index (χ2n) is 5.42. The molecule has 0 radical (unpaired) electrons. The molecule has 3 nitrogen and oxygen atoms in total. The van der Waals surface area contributed by atoms with Crippen molar-refractivity contribution in [2.45, 2.75) is 39.7 Å². The summed E-state index contributed by atoms with van der Waals surface area (Å²) in [5.74, 6) is 1.45. The lowest BCUT2D eigenvalue weighted by Crippen LogP contribution is -2.40. The van der Waals surface area contributed by atoms with Crippen LogP contribution in [0.15, 0.2) is 0 Å². The first-order valence-electron chi connectivity index (χ1n) is 5.36. The third kappa shape index (κ3) is 2.98. The lowest BCUT2D eigenvalue weighted by atomic mass is 10.0. The zero-order valence-electron chi connectivity index (χ0n) is 9.71. The molecule has 1 amide bonds. The van der Waals surface area contributed by atoms with Gasteiger partial charge < -0.3 is 10.6 Å². The fourth-order valence-corrected chi connectivity index (χ4v) is 1.83. The van der Waals surface area contributed by atoms with Crippen molar-refractivity contribution in [1.29, 1.82) is 0 Å². The molecule has 1 rings (SSSR count). The maximum atomic E-state index is 11.8. The van der Waals surface area contributed by atoms with Gasteiger partial charge >= 0.3 is 0 Å². The Morgan fingerprint density at radius 3 is 2.14 bits per heavy atom. The molecule has 1 fully saturated rings. The molecule has 82 valence electrons. The Kier molecular flexibility index (Phi) is 3.20. The first kappa shape index (κ1) is 11.5. The highest BCUT2D eigenvalue weighted by molar-refractivity contribution is 5.77. The number of hydrogen-bond donors (Lipinski definition) is 1. The number of nitrogens with two attached hydrogens (primary N) is 1. The fourth-order valence-electron chi connectivity index (χ4n) is 1.83. The highest BCUT2D eigenvalue weighted by Gasteiger charge is 2.30. The summed E-state index contributed by atoms with van der Waals surface area (Å²) < 4.78 is 0. The van der Waals surface area contributed by atoms with Gasteiger partial charge in [-0.05, 0) is 25.7 Å². The Hall–Kier alpha value is -0.570. The second kappa shape index (κ2) is 3.89. The number of carbonyl (C=O) groups excluding carboxylic acids is 1. The van der Waals surface area contributed by atoms with Gasteiger partial charge in [-0.15, -0.1) is 0 Å². The number of rotatable bonds is 2. The summed E-state index contributed by atoms with van der Waals surface area (Å²) in [6.45, 7) is 9.99. The Labute approximate surface area is 86.6 Å². The number of likely N-dealkylation sites (tertiary alicyclic amines) is 1. The summed E-state index contributed by atoms with van der Waals surface area (Å²) in [6.07, 6.45) is 0.451. The van der Waals surface area contributed by atoms with Crippen molar-refractivity contribution in [3.63, 3.8) is 0 Å². The molecule has 0 bridgehead atoms. The molecule has 0 aromatic carbocycles. The van der Waals surface area contributed by atoms with Crippen LogP contribution in [0.2, 0.25) is 0 Å². The van der Waals surface area contributed by atoms with E-state index < -0.39 is 0 Å². The molecule has 0 aliphatic carbocycles. The van der Waals surface area contributed by atoms with Crippen LogP contribution in [0.5, 0.6) is 0 Å². The maximum Gasteiger partial charge on any atom is 0.224 e. The zero-order chi connectivity index (χ0) is 10.9. The highest BCUT2D eigenvalue weighted by atomic mass is 16.2. The predicted molar refractivity (Wildman–Crippen MR) is 57.8 cm³/mol. The van der Waals surface area contributed by atoms with E-state index in [0.29, 0.717) is 18.3 Å². The second-order valence-corrected chi connectivity index (χ2v) is 5.42. The normalized spacial score (nSPS) is 28.2. The number of amides is 1. The van der Waals surface area contributed by atoms with Crippen molar-refractivity contribution >= 4 is 5.91 Å². The van der Waals surface area contributed by atoms with Crippen LogP contribution in [0.4, 0.5) is 0 Å². The van der Waals surface area contributed by atoms with Crippen LogP contribution in [0.1, 0.15) is 34.1 Å². The van der Waals surface area contributed by atoms with Crippen LogP contribution in [0.3, 0.4) is 0 Å². The van der Waals surface area contributed by atoms with Gasteiger partial charge in [-0.25, -0.2) is 0 Å². The average molecular weight is 198 g/mol. The summed E-state index contributed by atoms with van der Waals surface area (Å²) in [4.78, 5) is 13.7. The Balaban J connectivity index is 2.48. The number of hydrogen-bond acceptors (Lipinski definition) is 2. The number of carbonyl (C=O) groups is 1. The molecule has 1 saturated heterocycles. The fraction of sp³-hybridized carbons (Fsp3) is 0.909. The van der Waals surface area contributed by atoms with Gasteiger partial charge in [-0.1, -0.05) is 13.8 Å². The van der Waals surface area contributed by atoms with Gasteiger partial charge in [0.05, 0.1) is 0 Å². The van der Waals surface area contributed by atoms with Gasteiger partial charge in [-0.2, -0.15) is 0 Å². The van der Waals surface area contributed by atoms with Crippen LogP contribution < -0.4 is 5.73 Å². The lowest BCUT2D eigenvalue weighted by molar-refractivity contribution is -0.131. The summed E-state index contributed by atoms with van der Waals surface area (Å²) in [5.41, 5.74) is 5.44. The minimum absolute atomic E-state index is 0.203. The van der Waals surface area contributed by atoms with Crippen molar-refractivity contribution in [2.75, 3.05) is 13.1 Å². The Morgan fingerprint density at radius 1 is 1.36 bits per heavy atom. The van der Waals surface area contributed by atoms with Gasteiger partial charge in [0.2, 0.25) is 5.91 Å². The summed E-state index contributed by atoms with van der Waals surface area (Å²) in [5, 5.41) is 0. The van der Waals surface area contributed by atoms with Crippen molar-refractivity contribution < 1.29 is 4.79 Å². The molecule has 0 aromatic rings. The van der Waals surface area contributed by atoms with Gasteiger partial charge in [0.15, 0.2) is 0 Å². The molecule has 2 N–H and O–H groups in total. The largest absolute Gasteiger partial charge is 0.342 e. The van der Waals surface area contributed by atoms with E-state index in [0.717, 1.165) is 13.1 Å². The van der Waals surface area contributed by atoms with Crippen molar-refractivity contribution in [3.8, 4) is 0 Å². The SMILES string of the molecule is CC1CN(C(=O)CC(C)(C)N)CC1C. The van der Waals surface area contributed by atoms with E-state index in [1.54, 1.807) is 0 Å². The van der Waals surface area contributed by atoms with E-state index in [1.807, 2.05) is 18.7 Å². The molecule has 3 heteroatoms. The molecule has 2 atom stereocenters. The molecule has 0 aromatic heterocycles. The first-order chi connectivity index (χ1) is 6.29. The summed E-state index contributed by atoms with van der Waals surface area (Å²) in [7, 11) is 0. The predicted octanol–water partition coefficient (Wildman–Crippen LogP) is 1.23. The van der Waals surface area contributed by atoms with Crippen molar-refractivity contribution in [2.24, 2.45) is 17.6 Å². The van der Waals surface area contributed by atoms with Crippen molar-refractivity contribution in [1.82, 2.24) is 4.90 Å². The van der Waals surface area contributed by atoms with Crippen LogP contribution in [0, 0.1) is 11.8 Å². The molecule has 0 spiro atoms. The third-order valence-electron chi connectivity index (χ3n) is 2.95. The van der Waals surface area contributed by atoms with Crippen LogP contribution >= 0.6 is 0 Å². The summed E-state index contributed by atoms with van der Waals surface area (Å²) >= 11 is 0. The maximum absolute atomic E-state index is 11.8. The quantitative estimate of drug-likeness (QED) is 0.725. The number of nitrogens with zero attached hydrogens (tertiary/aromatic N) is 1. The topological polar surface area (TPSA) is 46.3 Å². The van der Waals surface area contributed by atoms with Gasteiger partial charge in [0.1, 0.15) is 0 Å². The lowest BCUT2D eigenvalue weighted by Gasteiger charge is -2.22. The highest BCUT2D eigenvalue weighted by Crippen LogP contribution is 2.23. The minimum atomic E-state index is -0.383. The first-order valence-corrected chi connectivity index (χ1v) is 5.36. The molecule has 1 aliphatic rings. The third-order valence-corrected chi connectivity index (χ3v) is 2.95. The van der Waals surface area contributed by atoms with Crippen LogP contribution in [0.25, 0.3) is 0 Å². The van der Waals surface area contributed by atoms with E-state index in [-0.39, 0.29) is 11.4 Å². The van der Waals surface area contributed by atoms with E-state index in [2.05, 4.69) is 13.8 Å². The van der Waals surface area contributed by atoms with Gasteiger partial charge in [0, 0.05) is 25.0 Å². The minimum Gasteiger partial charge on any atom is -0.342 e. The smallest absolute Gasteiger partial charge is 0.224 e. The van der Waals surface area contributed by atoms with E-state index in [4.69, 9.17) is 5.73 Å². The molecular formula is C11H22N2O. The van der Waals surface area contributed by atoms with Crippen LogP contribution in [-0.4, -0.2) is 29.4 Å². The Morgan fingerprint density at radius 2 is 1.79 bits per heavy atom. The molecule has 2 unspecified atom stereocenters.